The van der Waals surface area contributed by atoms with Crippen molar-refractivity contribution in [3.05, 3.63) is 47.0 Å². The fourth-order valence-electron chi connectivity index (χ4n) is 2.74. The summed E-state index contributed by atoms with van der Waals surface area (Å²) >= 11 is 6.12. The van der Waals surface area contributed by atoms with Crippen LogP contribution in [0.25, 0.3) is 0 Å². The molecular weight excluding hydrogens is 304 g/mol. The number of furan rings is 1. The molecule has 0 radical (unpaired) electrons. The lowest BCUT2D eigenvalue weighted by Crippen LogP contribution is -2.30. The molecule has 2 aromatic heterocycles. The van der Waals surface area contributed by atoms with Gasteiger partial charge in [-0.15, -0.1) is 0 Å². The summed E-state index contributed by atoms with van der Waals surface area (Å²) in [5, 5.41) is 0.349. The van der Waals surface area contributed by atoms with Gasteiger partial charge in [-0.2, -0.15) is 0 Å². The van der Waals surface area contributed by atoms with Crippen molar-refractivity contribution >= 4 is 17.5 Å². The lowest BCUT2D eigenvalue weighted by atomic mass is 10.1. The molecule has 3 rings (SSSR count). The molecule has 1 atom stereocenters. The van der Waals surface area contributed by atoms with Crippen LogP contribution in [-0.4, -0.2) is 28.9 Å². The van der Waals surface area contributed by atoms with Gasteiger partial charge in [-0.25, -0.2) is 4.98 Å². The van der Waals surface area contributed by atoms with E-state index in [4.69, 9.17) is 20.8 Å². The number of halogens is 1. The van der Waals surface area contributed by atoms with E-state index in [2.05, 4.69) is 4.98 Å². The Hall–Kier alpha value is -2.01. The van der Waals surface area contributed by atoms with Crippen molar-refractivity contribution in [3.8, 4) is 5.88 Å². The lowest BCUT2D eigenvalue weighted by Gasteiger charge is -2.23. The SMILES string of the molecule is CCOc1ncc(C(=O)N2CCCC2c2ccco2)cc1Cl. The molecule has 3 heterocycles. The molecule has 0 saturated carbocycles. The molecule has 1 saturated heterocycles. The van der Waals surface area contributed by atoms with Crippen LogP contribution in [0.1, 0.15) is 41.9 Å². The Morgan fingerprint density at radius 3 is 3.14 bits per heavy atom. The predicted octanol–water partition coefficient (Wildman–Crippen LogP) is 3.70. The summed E-state index contributed by atoms with van der Waals surface area (Å²) in [5.74, 6) is 1.08. The lowest BCUT2D eigenvalue weighted by molar-refractivity contribution is 0.0719. The first-order chi connectivity index (χ1) is 10.7. The minimum atomic E-state index is -0.0867. The number of hydrogen-bond acceptors (Lipinski definition) is 4. The Balaban J connectivity index is 1.82. The van der Waals surface area contributed by atoms with Crippen molar-refractivity contribution < 1.29 is 13.9 Å². The minimum absolute atomic E-state index is 0.0205. The minimum Gasteiger partial charge on any atom is -0.477 e. The number of carbonyl (C=O) groups excluding carboxylic acids is 1. The summed E-state index contributed by atoms with van der Waals surface area (Å²) in [6.45, 7) is 3.04. The number of ether oxygens (including phenoxy) is 1. The number of nitrogens with zero attached hydrogens (tertiary/aromatic N) is 2. The second-order valence-electron chi connectivity index (χ2n) is 5.12. The number of carbonyl (C=O) groups is 1. The highest BCUT2D eigenvalue weighted by molar-refractivity contribution is 6.32. The Labute approximate surface area is 133 Å². The molecule has 1 aliphatic heterocycles. The molecule has 0 bridgehead atoms. The number of hydrogen-bond donors (Lipinski definition) is 0. The van der Waals surface area contributed by atoms with Crippen LogP contribution in [-0.2, 0) is 0 Å². The highest BCUT2D eigenvalue weighted by atomic mass is 35.5. The standard InChI is InChI=1S/C16H17ClN2O3/c1-2-21-15-12(17)9-11(10-18-15)16(20)19-7-3-5-13(19)14-6-4-8-22-14/h4,6,8-10,13H,2-3,5,7H2,1H3. The number of pyridine rings is 1. The summed E-state index contributed by atoms with van der Waals surface area (Å²) in [6, 6.07) is 5.33. The van der Waals surface area contributed by atoms with E-state index in [-0.39, 0.29) is 11.9 Å². The van der Waals surface area contributed by atoms with E-state index in [1.165, 1.54) is 6.20 Å². The molecule has 1 amide bonds. The fraction of sp³-hybridized carbons (Fsp3) is 0.375. The Morgan fingerprint density at radius 1 is 1.59 bits per heavy atom. The van der Waals surface area contributed by atoms with Crippen LogP contribution in [0.4, 0.5) is 0 Å². The maximum Gasteiger partial charge on any atom is 0.256 e. The highest BCUT2D eigenvalue weighted by Crippen LogP contribution is 2.34. The summed E-state index contributed by atoms with van der Waals surface area (Å²) in [5.41, 5.74) is 0.465. The van der Waals surface area contributed by atoms with Gasteiger partial charge in [0.25, 0.3) is 5.91 Å². The van der Waals surface area contributed by atoms with Gasteiger partial charge in [0.15, 0.2) is 0 Å². The van der Waals surface area contributed by atoms with Gasteiger partial charge in [0.2, 0.25) is 5.88 Å². The molecular formula is C16H17ClN2O3. The molecule has 116 valence electrons. The van der Waals surface area contributed by atoms with E-state index < -0.39 is 0 Å². The van der Waals surface area contributed by atoms with E-state index >= 15 is 0 Å². The molecule has 22 heavy (non-hydrogen) atoms. The van der Waals surface area contributed by atoms with Crippen LogP contribution in [0.15, 0.2) is 35.1 Å². The van der Waals surface area contributed by atoms with Gasteiger partial charge in [-0.05, 0) is 38.0 Å². The van der Waals surface area contributed by atoms with Crippen molar-refractivity contribution in [2.75, 3.05) is 13.2 Å². The zero-order chi connectivity index (χ0) is 15.5. The maximum atomic E-state index is 12.7. The molecule has 0 aliphatic carbocycles. The molecule has 1 aliphatic rings. The van der Waals surface area contributed by atoms with E-state index in [0.717, 1.165) is 18.6 Å². The first-order valence-electron chi connectivity index (χ1n) is 7.33. The normalized spacial score (nSPS) is 17.7. The van der Waals surface area contributed by atoms with E-state index in [0.29, 0.717) is 29.6 Å². The van der Waals surface area contributed by atoms with Crippen LogP contribution in [0.5, 0.6) is 5.88 Å². The summed E-state index contributed by atoms with van der Waals surface area (Å²) in [7, 11) is 0. The van der Waals surface area contributed by atoms with Crippen molar-refractivity contribution in [1.82, 2.24) is 9.88 Å². The van der Waals surface area contributed by atoms with Crippen LogP contribution >= 0.6 is 11.6 Å². The molecule has 0 N–H and O–H groups in total. The third-order valence-corrected chi connectivity index (χ3v) is 3.99. The van der Waals surface area contributed by atoms with Crippen molar-refractivity contribution in [2.45, 2.75) is 25.8 Å². The van der Waals surface area contributed by atoms with Gasteiger partial charge in [0, 0.05) is 12.7 Å². The monoisotopic (exact) mass is 320 g/mol. The smallest absolute Gasteiger partial charge is 0.256 e. The van der Waals surface area contributed by atoms with Crippen LogP contribution in [0, 0.1) is 0 Å². The largest absolute Gasteiger partial charge is 0.477 e. The highest BCUT2D eigenvalue weighted by Gasteiger charge is 2.32. The maximum absolute atomic E-state index is 12.7. The van der Waals surface area contributed by atoms with Gasteiger partial charge < -0.3 is 14.1 Å². The summed E-state index contributed by atoms with van der Waals surface area (Å²) in [6.07, 6.45) is 5.00. The van der Waals surface area contributed by atoms with Crippen LogP contribution in [0.2, 0.25) is 5.02 Å². The van der Waals surface area contributed by atoms with Gasteiger partial charge in [0.1, 0.15) is 10.8 Å². The van der Waals surface area contributed by atoms with Crippen LogP contribution < -0.4 is 4.74 Å². The number of likely N-dealkylation sites (tertiary alicyclic amines) is 1. The third-order valence-electron chi connectivity index (χ3n) is 3.72. The van der Waals surface area contributed by atoms with Gasteiger partial charge in [0.05, 0.1) is 24.5 Å². The number of rotatable bonds is 4. The van der Waals surface area contributed by atoms with E-state index in [1.54, 1.807) is 12.3 Å². The molecule has 6 heteroatoms. The second-order valence-corrected chi connectivity index (χ2v) is 5.52. The van der Waals surface area contributed by atoms with Gasteiger partial charge in [-0.1, -0.05) is 11.6 Å². The van der Waals surface area contributed by atoms with Crippen LogP contribution in [0.3, 0.4) is 0 Å². The molecule has 5 nitrogen and oxygen atoms in total. The first-order valence-corrected chi connectivity index (χ1v) is 7.71. The molecule has 2 aromatic rings. The first kappa shape index (κ1) is 14.9. The number of amides is 1. The second kappa shape index (κ2) is 6.40. The van der Waals surface area contributed by atoms with Crippen molar-refractivity contribution in [1.29, 1.82) is 0 Å². The zero-order valence-corrected chi connectivity index (χ0v) is 13.0. The van der Waals surface area contributed by atoms with Crippen molar-refractivity contribution in [3.63, 3.8) is 0 Å². The van der Waals surface area contributed by atoms with Gasteiger partial charge >= 0.3 is 0 Å². The van der Waals surface area contributed by atoms with Crippen molar-refractivity contribution in [2.24, 2.45) is 0 Å². The van der Waals surface area contributed by atoms with Gasteiger partial charge in [-0.3, -0.25) is 4.79 Å². The summed E-state index contributed by atoms with van der Waals surface area (Å²) < 4.78 is 10.7. The average Bonchev–Trinajstić information content (AvgIpc) is 3.19. The predicted molar refractivity (Wildman–Crippen MR) is 82.1 cm³/mol. The Bertz CT molecular complexity index is 657. The topological polar surface area (TPSA) is 55.6 Å². The Morgan fingerprint density at radius 2 is 2.45 bits per heavy atom. The molecule has 1 fully saturated rings. The Kier molecular flexibility index (Phi) is 4.34. The molecule has 0 spiro atoms. The quantitative estimate of drug-likeness (QED) is 0.862. The van der Waals surface area contributed by atoms with E-state index in [1.807, 2.05) is 24.0 Å². The zero-order valence-electron chi connectivity index (χ0n) is 12.3. The summed E-state index contributed by atoms with van der Waals surface area (Å²) in [4.78, 5) is 18.7. The average molecular weight is 321 g/mol. The third kappa shape index (κ3) is 2.81. The molecule has 1 unspecified atom stereocenters. The molecule has 0 aromatic carbocycles. The number of aromatic nitrogens is 1. The van der Waals surface area contributed by atoms with E-state index in [9.17, 15) is 4.79 Å². The fourth-order valence-corrected chi connectivity index (χ4v) is 2.96.